The van der Waals surface area contributed by atoms with E-state index in [9.17, 15) is 0 Å². The summed E-state index contributed by atoms with van der Waals surface area (Å²) in [6, 6.07) is 0. The van der Waals surface area contributed by atoms with Gasteiger partial charge in [-0.1, -0.05) is 6.92 Å². The van der Waals surface area contributed by atoms with Crippen LogP contribution in [0.2, 0.25) is 0 Å². The van der Waals surface area contributed by atoms with Gasteiger partial charge in [-0.3, -0.25) is 4.90 Å². The summed E-state index contributed by atoms with van der Waals surface area (Å²) in [6.07, 6.45) is 1.06. The van der Waals surface area contributed by atoms with Crippen molar-refractivity contribution in [3.05, 3.63) is 22.8 Å². The van der Waals surface area contributed by atoms with E-state index >= 15 is 0 Å². The van der Waals surface area contributed by atoms with Crippen LogP contribution >= 0.6 is 0 Å². The Morgan fingerprint density at radius 3 is 3.16 bits per heavy atom. The lowest BCUT2D eigenvalue weighted by atomic mass is 10.0. The molecular weight excluding hydrogens is 240 g/mol. The number of aromatic nitrogens is 2. The van der Waals surface area contributed by atoms with E-state index < -0.39 is 0 Å². The molecule has 0 aliphatic carbocycles. The first-order valence-corrected chi connectivity index (χ1v) is 7.19. The van der Waals surface area contributed by atoms with Gasteiger partial charge >= 0.3 is 0 Å². The van der Waals surface area contributed by atoms with Crippen molar-refractivity contribution in [1.29, 1.82) is 0 Å². The smallest absolute Gasteiger partial charge is 0.158 e. The zero-order chi connectivity index (χ0) is 13.2. The highest BCUT2D eigenvalue weighted by Gasteiger charge is 2.25. The number of likely N-dealkylation sites (N-methyl/N-ethyl adjacent to an activating group) is 1. The van der Waals surface area contributed by atoms with Gasteiger partial charge in [-0.05, 0) is 32.0 Å². The van der Waals surface area contributed by atoms with Gasteiger partial charge in [0.2, 0.25) is 0 Å². The van der Waals surface area contributed by atoms with Crippen LogP contribution in [0.4, 0.5) is 0 Å². The van der Waals surface area contributed by atoms with E-state index in [0.717, 1.165) is 63.0 Å². The lowest BCUT2D eigenvalue weighted by Gasteiger charge is -2.31. The van der Waals surface area contributed by atoms with Crippen molar-refractivity contribution < 1.29 is 4.74 Å². The minimum Gasteiger partial charge on any atom is -0.368 e. The highest BCUT2D eigenvalue weighted by Crippen LogP contribution is 2.22. The molecule has 1 fully saturated rings. The number of nitrogens with one attached hydrogen (secondary N) is 1. The molecule has 0 aromatic carbocycles. The number of hydrogen-bond acceptors (Lipinski definition) is 5. The molecule has 3 rings (SSSR count). The van der Waals surface area contributed by atoms with E-state index in [2.05, 4.69) is 29.0 Å². The molecule has 104 valence electrons. The van der Waals surface area contributed by atoms with E-state index in [1.165, 1.54) is 5.56 Å². The molecule has 5 heteroatoms. The summed E-state index contributed by atoms with van der Waals surface area (Å²) < 4.78 is 5.86. The average Bonchev–Trinajstić information content (AvgIpc) is 2.47. The number of rotatable bonds is 2. The Labute approximate surface area is 114 Å². The van der Waals surface area contributed by atoms with Gasteiger partial charge in [0.15, 0.2) is 5.82 Å². The van der Waals surface area contributed by atoms with E-state index in [1.54, 1.807) is 0 Å². The molecule has 2 aliphatic heterocycles. The first-order chi connectivity index (χ1) is 9.28. The molecule has 0 spiro atoms. The highest BCUT2D eigenvalue weighted by molar-refractivity contribution is 5.28. The topological polar surface area (TPSA) is 50.3 Å². The van der Waals surface area contributed by atoms with Crippen LogP contribution in [-0.2, 0) is 17.7 Å². The fourth-order valence-electron chi connectivity index (χ4n) is 2.86. The molecule has 1 unspecified atom stereocenters. The van der Waals surface area contributed by atoms with Gasteiger partial charge < -0.3 is 10.1 Å². The molecule has 0 amide bonds. The van der Waals surface area contributed by atoms with Crippen molar-refractivity contribution in [3.8, 4) is 0 Å². The zero-order valence-corrected chi connectivity index (χ0v) is 11.8. The van der Waals surface area contributed by atoms with Crippen molar-refractivity contribution in [3.63, 3.8) is 0 Å². The maximum absolute atomic E-state index is 5.86. The van der Waals surface area contributed by atoms with Crippen LogP contribution in [0.3, 0.4) is 0 Å². The average molecular weight is 262 g/mol. The van der Waals surface area contributed by atoms with Crippen LogP contribution in [0.15, 0.2) is 0 Å². The summed E-state index contributed by atoms with van der Waals surface area (Å²) in [7, 11) is 0. The highest BCUT2D eigenvalue weighted by atomic mass is 16.5. The van der Waals surface area contributed by atoms with Gasteiger partial charge in [-0.15, -0.1) is 0 Å². The van der Waals surface area contributed by atoms with Gasteiger partial charge in [0.25, 0.3) is 0 Å². The summed E-state index contributed by atoms with van der Waals surface area (Å²) in [6.45, 7) is 9.92. The molecule has 0 radical (unpaired) electrons. The van der Waals surface area contributed by atoms with Gasteiger partial charge in [0.1, 0.15) is 6.10 Å². The summed E-state index contributed by atoms with van der Waals surface area (Å²) >= 11 is 0. The Balaban J connectivity index is 1.86. The number of hydrogen-bond donors (Lipinski definition) is 1. The normalized spacial score (nSPS) is 24.2. The van der Waals surface area contributed by atoms with E-state index in [-0.39, 0.29) is 6.10 Å². The molecule has 1 saturated heterocycles. The Morgan fingerprint density at radius 2 is 2.32 bits per heavy atom. The SMILES string of the molecule is CCN1CCOC(c2nc(C)c3c(n2)CNCC3)C1. The minimum absolute atomic E-state index is 0.0274. The van der Waals surface area contributed by atoms with Crippen LogP contribution in [0.1, 0.15) is 35.8 Å². The lowest BCUT2D eigenvalue weighted by molar-refractivity contribution is -0.0327. The minimum atomic E-state index is 0.0274. The van der Waals surface area contributed by atoms with Crippen LogP contribution in [0.5, 0.6) is 0 Å². The molecule has 5 nitrogen and oxygen atoms in total. The molecule has 19 heavy (non-hydrogen) atoms. The van der Waals surface area contributed by atoms with Gasteiger partial charge in [-0.25, -0.2) is 9.97 Å². The molecule has 0 saturated carbocycles. The zero-order valence-electron chi connectivity index (χ0n) is 11.8. The van der Waals surface area contributed by atoms with E-state index in [1.807, 2.05) is 0 Å². The third-order valence-electron chi connectivity index (χ3n) is 4.05. The molecule has 2 aliphatic rings. The van der Waals surface area contributed by atoms with Crippen molar-refractivity contribution in [2.45, 2.75) is 32.9 Å². The summed E-state index contributed by atoms with van der Waals surface area (Å²) in [5.41, 5.74) is 3.61. The quantitative estimate of drug-likeness (QED) is 0.855. The molecule has 1 atom stereocenters. The number of ether oxygens (including phenoxy) is 1. The third kappa shape index (κ3) is 2.63. The number of aryl methyl sites for hydroxylation is 1. The van der Waals surface area contributed by atoms with Crippen molar-refractivity contribution in [2.75, 3.05) is 32.8 Å². The second kappa shape index (κ2) is 5.53. The second-order valence-corrected chi connectivity index (χ2v) is 5.27. The summed E-state index contributed by atoms with van der Waals surface area (Å²) in [4.78, 5) is 11.8. The molecular formula is C14H22N4O. The van der Waals surface area contributed by atoms with E-state index in [0.29, 0.717) is 0 Å². The summed E-state index contributed by atoms with van der Waals surface area (Å²) in [5.74, 6) is 0.859. The third-order valence-corrected chi connectivity index (χ3v) is 4.05. The Kier molecular flexibility index (Phi) is 3.77. The first kappa shape index (κ1) is 13.0. The lowest BCUT2D eigenvalue weighted by Crippen LogP contribution is -2.39. The summed E-state index contributed by atoms with van der Waals surface area (Å²) in [5, 5.41) is 3.38. The second-order valence-electron chi connectivity index (χ2n) is 5.27. The first-order valence-electron chi connectivity index (χ1n) is 7.19. The number of fused-ring (bicyclic) bond motifs is 1. The molecule has 1 N–H and O–H groups in total. The molecule has 1 aromatic rings. The molecule has 0 bridgehead atoms. The van der Waals surface area contributed by atoms with E-state index in [4.69, 9.17) is 9.72 Å². The monoisotopic (exact) mass is 262 g/mol. The fourth-order valence-corrected chi connectivity index (χ4v) is 2.86. The number of nitrogens with zero attached hydrogens (tertiary/aromatic N) is 3. The predicted octanol–water partition coefficient (Wildman–Crippen LogP) is 0.824. The maximum Gasteiger partial charge on any atom is 0.158 e. The predicted molar refractivity (Wildman–Crippen MR) is 73.0 cm³/mol. The maximum atomic E-state index is 5.86. The van der Waals surface area contributed by atoms with Crippen molar-refractivity contribution in [2.24, 2.45) is 0 Å². The van der Waals surface area contributed by atoms with Crippen molar-refractivity contribution in [1.82, 2.24) is 20.2 Å². The van der Waals surface area contributed by atoms with Crippen LogP contribution in [0, 0.1) is 6.92 Å². The Hall–Kier alpha value is -1.04. The van der Waals surface area contributed by atoms with Crippen LogP contribution in [-0.4, -0.2) is 47.7 Å². The number of morpholine rings is 1. The van der Waals surface area contributed by atoms with Gasteiger partial charge in [0.05, 0.1) is 12.3 Å². The van der Waals surface area contributed by atoms with Crippen molar-refractivity contribution >= 4 is 0 Å². The molecule has 1 aromatic heterocycles. The van der Waals surface area contributed by atoms with Crippen LogP contribution < -0.4 is 5.32 Å². The van der Waals surface area contributed by atoms with Gasteiger partial charge in [0, 0.05) is 25.3 Å². The van der Waals surface area contributed by atoms with Crippen LogP contribution in [0.25, 0.3) is 0 Å². The molecule has 3 heterocycles. The fraction of sp³-hybridized carbons (Fsp3) is 0.714. The Morgan fingerprint density at radius 1 is 1.42 bits per heavy atom. The largest absolute Gasteiger partial charge is 0.368 e. The van der Waals surface area contributed by atoms with Gasteiger partial charge in [-0.2, -0.15) is 0 Å². The standard InChI is InChI=1S/C14H22N4O/c1-3-18-6-7-19-13(9-18)14-16-10(2)11-4-5-15-8-12(11)17-14/h13,15H,3-9H2,1-2H3. The Bertz CT molecular complexity index is 463.